The van der Waals surface area contributed by atoms with Gasteiger partial charge in [0.25, 0.3) is 0 Å². The molecule has 0 saturated carbocycles. The summed E-state index contributed by atoms with van der Waals surface area (Å²) in [5, 5.41) is 4.04. The summed E-state index contributed by atoms with van der Waals surface area (Å²) >= 11 is 1.64. The molecule has 0 fully saturated rings. The third kappa shape index (κ3) is 4.88. The topological polar surface area (TPSA) is 68.0 Å². The van der Waals surface area contributed by atoms with Crippen molar-refractivity contribution in [3.05, 3.63) is 40.4 Å². The van der Waals surface area contributed by atoms with Crippen molar-refractivity contribution in [3.8, 4) is 10.6 Å². The van der Waals surface area contributed by atoms with Crippen molar-refractivity contribution in [1.82, 2.24) is 10.3 Å². The maximum atomic E-state index is 12.0. The average molecular weight is 331 g/mol. The Morgan fingerprint density at radius 1 is 1.26 bits per heavy atom. The molecule has 124 valence electrons. The minimum absolute atomic E-state index is 0.0349. The van der Waals surface area contributed by atoms with E-state index in [9.17, 15) is 4.79 Å². The summed E-state index contributed by atoms with van der Waals surface area (Å²) in [4.78, 5) is 17.7. The molecule has 0 radical (unpaired) electrons. The highest BCUT2D eigenvalue weighted by Crippen LogP contribution is 2.31. The van der Waals surface area contributed by atoms with E-state index in [1.165, 1.54) is 5.56 Å². The van der Waals surface area contributed by atoms with Gasteiger partial charge in [0.15, 0.2) is 0 Å². The van der Waals surface area contributed by atoms with E-state index >= 15 is 0 Å². The molecule has 1 heterocycles. The summed E-state index contributed by atoms with van der Waals surface area (Å²) in [6, 6.07) is 8.36. The SMILES string of the molecule is Cc1ccc(-c2nc(C)c(C(C)NC(=O)CCC(C)N)s2)cc1. The minimum atomic E-state index is -0.0349. The van der Waals surface area contributed by atoms with Gasteiger partial charge in [0.05, 0.1) is 16.6 Å². The number of carbonyl (C=O) groups is 1. The summed E-state index contributed by atoms with van der Waals surface area (Å²) in [5.41, 5.74) is 9.02. The number of nitrogens with two attached hydrogens (primary N) is 1. The Bertz CT molecular complexity index is 661. The zero-order valence-corrected chi connectivity index (χ0v) is 15.0. The number of hydrogen-bond donors (Lipinski definition) is 2. The lowest BCUT2D eigenvalue weighted by molar-refractivity contribution is -0.121. The number of carbonyl (C=O) groups excluding carboxylic acids is 1. The van der Waals surface area contributed by atoms with Crippen LogP contribution in [0.2, 0.25) is 0 Å². The number of nitrogens with one attached hydrogen (secondary N) is 1. The van der Waals surface area contributed by atoms with Crippen LogP contribution in [0.5, 0.6) is 0 Å². The van der Waals surface area contributed by atoms with Crippen LogP contribution in [-0.2, 0) is 4.79 Å². The van der Waals surface area contributed by atoms with Crippen LogP contribution >= 0.6 is 11.3 Å². The van der Waals surface area contributed by atoms with E-state index in [0.717, 1.165) is 21.1 Å². The quantitative estimate of drug-likeness (QED) is 0.847. The molecule has 0 aliphatic heterocycles. The summed E-state index contributed by atoms with van der Waals surface area (Å²) in [5.74, 6) is 0.0412. The van der Waals surface area contributed by atoms with Crippen molar-refractivity contribution >= 4 is 17.2 Å². The van der Waals surface area contributed by atoms with Crippen molar-refractivity contribution in [2.45, 2.75) is 52.6 Å². The Labute approximate surface area is 142 Å². The second kappa shape index (κ2) is 7.70. The standard InChI is InChI=1S/C18H25N3OS/c1-11-5-8-15(9-6-11)18-21-14(4)17(23-18)13(3)20-16(22)10-7-12(2)19/h5-6,8-9,12-13H,7,10,19H2,1-4H3,(H,20,22). The number of rotatable bonds is 6. The number of benzene rings is 1. The van der Waals surface area contributed by atoms with E-state index in [1.54, 1.807) is 11.3 Å². The van der Waals surface area contributed by atoms with E-state index in [2.05, 4.69) is 41.5 Å². The summed E-state index contributed by atoms with van der Waals surface area (Å²) < 4.78 is 0. The molecule has 1 aromatic heterocycles. The number of aryl methyl sites for hydroxylation is 2. The van der Waals surface area contributed by atoms with Crippen LogP contribution in [0, 0.1) is 13.8 Å². The molecule has 3 N–H and O–H groups in total. The van der Waals surface area contributed by atoms with Gasteiger partial charge in [0.1, 0.15) is 5.01 Å². The van der Waals surface area contributed by atoms with Crippen molar-refractivity contribution in [1.29, 1.82) is 0 Å². The van der Waals surface area contributed by atoms with Gasteiger partial charge in [0.2, 0.25) is 5.91 Å². The molecule has 23 heavy (non-hydrogen) atoms. The summed E-state index contributed by atoms with van der Waals surface area (Å²) in [6.45, 7) is 7.98. The minimum Gasteiger partial charge on any atom is -0.349 e. The fourth-order valence-corrected chi connectivity index (χ4v) is 3.44. The molecule has 1 aromatic carbocycles. The first-order valence-corrected chi connectivity index (χ1v) is 8.77. The molecule has 0 aliphatic rings. The van der Waals surface area contributed by atoms with Crippen LogP contribution in [0.25, 0.3) is 10.6 Å². The van der Waals surface area contributed by atoms with Crippen LogP contribution in [-0.4, -0.2) is 16.9 Å². The molecule has 1 amide bonds. The fraction of sp³-hybridized carbons (Fsp3) is 0.444. The first kappa shape index (κ1) is 17.6. The highest BCUT2D eigenvalue weighted by Gasteiger charge is 2.17. The molecule has 0 spiro atoms. The fourth-order valence-electron chi connectivity index (χ4n) is 2.37. The van der Waals surface area contributed by atoms with Crippen molar-refractivity contribution in [2.75, 3.05) is 0 Å². The maximum Gasteiger partial charge on any atom is 0.220 e. The van der Waals surface area contributed by atoms with Crippen molar-refractivity contribution in [2.24, 2.45) is 5.73 Å². The molecule has 0 bridgehead atoms. The molecule has 2 rings (SSSR count). The lowest BCUT2D eigenvalue weighted by Crippen LogP contribution is -2.28. The Kier molecular flexibility index (Phi) is 5.91. The monoisotopic (exact) mass is 331 g/mol. The Morgan fingerprint density at radius 2 is 1.91 bits per heavy atom. The van der Waals surface area contributed by atoms with E-state index in [1.807, 2.05) is 20.8 Å². The maximum absolute atomic E-state index is 12.0. The van der Waals surface area contributed by atoms with Crippen molar-refractivity contribution < 1.29 is 4.79 Å². The van der Waals surface area contributed by atoms with Gasteiger partial charge >= 0.3 is 0 Å². The Morgan fingerprint density at radius 3 is 2.52 bits per heavy atom. The molecule has 4 nitrogen and oxygen atoms in total. The highest BCUT2D eigenvalue weighted by atomic mass is 32.1. The van der Waals surface area contributed by atoms with E-state index in [4.69, 9.17) is 5.73 Å². The predicted octanol–water partition coefficient (Wildman–Crippen LogP) is 3.73. The number of nitrogens with zero attached hydrogens (tertiary/aromatic N) is 1. The van der Waals surface area contributed by atoms with Gasteiger partial charge in [-0.05, 0) is 34.1 Å². The van der Waals surface area contributed by atoms with Gasteiger partial charge in [-0.3, -0.25) is 4.79 Å². The zero-order valence-electron chi connectivity index (χ0n) is 14.2. The van der Waals surface area contributed by atoms with Crippen LogP contribution < -0.4 is 11.1 Å². The number of hydrogen-bond acceptors (Lipinski definition) is 4. The predicted molar refractivity (Wildman–Crippen MR) is 96.5 cm³/mol. The van der Waals surface area contributed by atoms with Crippen molar-refractivity contribution in [3.63, 3.8) is 0 Å². The average Bonchev–Trinajstić information content (AvgIpc) is 2.88. The van der Waals surface area contributed by atoms with Crippen LogP contribution in [0.15, 0.2) is 24.3 Å². The third-order valence-electron chi connectivity index (χ3n) is 3.73. The van der Waals surface area contributed by atoms with Gasteiger partial charge < -0.3 is 11.1 Å². The first-order valence-electron chi connectivity index (χ1n) is 7.96. The molecule has 0 aliphatic carbocycles. The normalized spacial score (nSPS) is 13.6. The van der Waals surface area contributed by atoms with Gasteiger partial charge in [-0.25, -0.2) is 4.98 Å². The molecule has 5 heteroatoms. The van der Waals surface area contributed by atoms with Gasteiger partial charge in [-0.1, -0.05) is 29.8 Å². The number of aromatic nitrogens is 1. The largest absolute Gasteiger partial charge is 0.349 e. The second-order valence-electron chi connectivity index (χ2n) is 6.14. The number of thiazole rings is 1. The van der Waals surface area contributed by atoms with Gasteiger partial charge in [-0.2, -0.15) is 0 Å². The summed E-state index contributed by atoms with van der Waals surface area (Å²) in [7, 11) is 0. The molecule has 2 unspecified atom stereocenters. The Hall–Kier alpha value is -1.72. The third-order valence-corrected chi connectivity index (χ3v) is 5.12. The van der Waals surface area contributed by atoms with Crippen LogP contribution in [0.1, 0.15) is 48.9 Å². The molecule has 2 aromatic rings. The van der Waals surface area contributed by atoms with Crippen LogP contribution in [0.4, 0.5) is 0 Å². The van der Waals surface area contributed by atoms with Gasteiger partial charge in [0, 0.05) is 18.0 Å². The van der Waals surface area contributed by atoms with E-state index in [0.29, 0.717) is 12.8 Å². The second-order valence-corrected chi connectivity index (χ2v) is 7.17. The molecule has 2 atom stereocenters. The summed E-state index contributed by atoms with van der Waals surface area (Å²) in [6.07, 6.45) is 1.17. The zero-order chi connectivity index (χ0) is 17.0. The van der Waals surface area contributed by atoms with E-state index < -0.39 is 0 Å². The highest BCUT2D eigenvalue weighted by molar-refractivity contribution is 7.15. The molecular weight excluding hydrogens is 306 g/mol. The first-order chi connectivity index (χ1) is 10.9. The molecular formula is C18H25N3OS. The lowest BCUT2D eigenvalue weighted by Gasteiger charge is -2.13. The van der Waals surface area contributed by atoms with Gasteiger partial charge in [-0.15, -0.1) is 11.3 Å². The van der Waals surface area contributed by atoms with E-state index in [-0.39, 0.29) is 18.0 Å². The van der Waals surface area contributed by atoms with Crippen LogP contribution in [0.3, 0.4) is 0 Å². The number of amides is 1. The molecule has 0 saturated heterocycles. The Balaban J connectivity index is 2.08. The smallest absolute Gasteiger partial charge is 0.220 e. The lowest BCUT2D eigenvalue weighted by atomic mass is 10.1.